The molecular weight excluding hydrogens is 419 g/mol. The van der Waals surface area contributed by atoms with E-state index >= 15 is 0 Å². The molecule has 2 fully saturated rings. The standard InChI is InChI=1S/C23H30Cl2N4O/c1-23(7-9-30-10-8-23)15-28-17-11-19(22(25)27-13-17)18-12-21(26-14-20(18)24)29-16-5-3-2-4-6-16/h11-14,16,28H,2-10,15H2,1H3,(H,26,29). The van der Waals surface area contributed by atoms with Gasteiger partial charge in [0.05, 0.1) is 16.9 Å². The zero-order valence-electron chi connectivity index (χ0n) is 17.5. The maximum absolute atomic E-state index is 6.51. The smallest absolute Gasteiger partial charge is 0.137 e. The maximum Gasteiger partial charge on any atom is 0.137 e. The number of hydrogen-bond acceptors (Lipinski definition) is 5. The number of anilines is 2. The molecule has 7 heteroatoms. The largest absolute Gasteiger partial charge is 0.383 e. The number of nitrogens with one attached hydrogen (secondary N) is 2. The third-order valence-corrected chi connectivity index (χ3v) is 6.96. The third-order valence-electron chi connectivity index (χ3n) is 6.36. The zero-order chi connectivity index (χ0) is 21.0. The first-order chi connectivity index (χ1) is 14.5. The SMILES string of the molecule is CC1(CNc2cnc(Cl)c(-c3cc(NC4CCCCC4)ncc3Cl)c2)CCOCC1. The Kier molecular flexibility index (Phi) is 7.01. The lowest BCUT2D eigenvalue weighted by atomic mass is 9.82. The Bertz CT molecular complexity index is 864. The lowest BCUT2D eigenvalue weighted by molar-refractivity contribution is 0.0300. The van der Waals surface area contributed by atoms with Crippen LogP contribution in [0.15, 0.2) is 24.5 Å². The molecule has 162 valence electrons. The van der Waals surface area contributed by atoms with Gasteiger partial charge in [0.1, 0.15) is 11.0 Å². The van der Waals surface area contributed by atoms with Crippen LogP contribution in [0.2, 0.25) is 10.2 Å². The highest BCUT2D eigenvalue weighted by molar-refractivity contribution is 6.36. The molecule has 1 aliphatic heterocycles. The van der Waals surface area contributed by atoms with Crippen LogP contribution in [-0.4, -0.2) is 35.8 Å². The van der Waals surface area contributed by atoms with E-state index in [2.05, 4.69) is 27.5 Å². The van der Waals surface area contributed by atoms with Gasteiger partial charge in [-0.3, -0.25) is 0 Å². The Labute approximate surface area is 188 Å². The molecule has 4 rings (SSSR count). The second-order valence-corrected chi connectivity index (χ2v) is 9.63. The Hall–Kier alpha value is -1.56. The van der Waals surface area contributed by atoms with E-state index in [0.717, 1.165) is 55.2 Å². The van der Waals surface area contributed by atoms with Crippen molar-refractivity contribution in [1.82, 2.24) is 9.97 Å². The maximum atomic E-state index is 6.51. The molecule has 1 saturated heterocycles. The van der Waals surface area contributed by atoms with E-state index in [1.165, 1.54) is 32.1 Å². The molecule has 1 aliphatic carbocycles. The van der Waals surface area contributed by atoms with Gasteiger partial charge in [-0.15, -0.1) is 0 Å². The van der Waals surface area contributed by atoms with Gasteiger partial charge in [-0.1, -0.05) is 49.4 Å². The fraction of sp³-hybridized carbons (Fsp3) is 0.565. The summed E-state index contributed by atoms with van der Waals surface area (Å²) >= 11 is 13.0. The van der Waals surface area contributed by atoms with E-state index in [9.17, 15) is 0 Å². The Morgan fingerprint density at radius 3 is 2.57 bits per heavy atom. The molecule has 0 unspecified atom stereocenters. The summed E-state index contributed by atoms with van der Waals surface area (Å²) in [5.41, 5.74) is 2.83. The van der Waals surface area contributed by atoms with Crippen LogP contribution in [0.1, 0.15) is 51.9 Å². The normalized spacial score (nSPS) is 19.4. The van der Waals surface area contributed by atoms with Gasteiger partial charge in [0.25, 0.3) is 0 Å². The highest BCUT2D eigenvalue weighted by Gasteiger charge is 2.27. The van der Waals surface area contributed by atoms with Crippen molar-refractivity contribution in [2.24, 2.45) is 5.41 Å². The summed E-state index contributed by atoms with van der Waals surface area (Å²) in [5.74, 6) is 0.838. The lowest BCUT2D eigenvalue weighted by Crippen LogP contribution is -2.33. The summed E-state index contributed by atoms with van der Waals surface area (Å²) in [5, 5.41) is 8.12. The molecule has 0 aromatic carbocycles. The molecule has 0 amide bonds. The van der Waals surface area contributed by atoms with Gasteiger partial charge in [0.2, 0.25) is 0 Å². The van der Waals surface area contributed by atoms with Gasteiger partial charge < -0.3 is 15.4 Å². The molecule has 0 bridgehead atoms. The van der Waals surface area contributed by atoms with Crippen molar-refractivity contribution >= 4 is 34.7 Å². The van der Waals surface area contributed by atoms with Crippen LogP contribution in [0, 0.1) is 5.41 Å². The number of ether oxygens (including phenoxy) is 1. The second kappa shape index (κ2) is 9.71. The highest BCUT2D eigenvalue weighted by atomic mass is 35.5. The number of halogens is 2. The predicted octanol–water partition coefficient (Wildman–Crippen LogP) is 6.42. The molecule has 0 spiro atoms. The van der Waals surface area contributed by atoms with Crippen molar-refractivity contribution in [3.05, 3.63) is 34.7 Å². The molecule has 30 heavy (non-hydrogen) atoms. The number of nitrogens with zero attached hydrogens (tertiary/aromatic N) is 2. The van der Waals surface area contributed by atoms with Crippen LogP contribution in [0.25, 0.3) is 11.1 Å². The third kappa shape index (κ3) is 5.37. The molecule has 5 nitrogen and oxygen atoms in total. The van der Waals surface area contributed by atoms with E-state index in [-0.39, 0.29) is 5.41 Å². The zero-order valence-corrected chi connectivity index (χ0v) is 19.0. The number of aromatic nitrogens is 2. The first kappa shape index (κ1) is 21.7. The molecule has 1 saturated carbocycles. The van der Waals surface area contributed by atoms with E-state index < -0.39 is 0 Å². The average molecular weight is 449 g/mol. The van der Waals surface area contributed by atoms with Crippen LogP contribution >= 0.6 is 23.2 Å². The van der Waals surface area contributed by atoms with Crippen molar-refractivity contribution in [2.75, 3.05) is 30.4 Å². The summed E-state index contributed by atoms with van der Waals surface area (Å²) in [4.78, 5) is 8.89. The summed E-state index contributed by atoms with van der Waals surface area (Å²) in [6.07, 6.45) is 11.8. The second-order valence-electron chi connectivity index (χ2n) is 8.87. The summed E-state index contributed by atoms with van der Waals surface area (Å²) in [7, 11) is 0. The van der Waals surface area contributed by atoms with Crippen molar-refractivity contribution in [3.63, 3.8) is 0 Å². The van der Waals surface area contributed by atoms with Crippen molar-refractivity contribution in [3.8, 4) is 11.1 Å². The lowest BCUT2D eigenvalue weighted by Gasteiger charge is -2.33. The topological polar surface area (TPSA) is 59.1 Å². The van der Waals surface area contributed by atoms with Gasteiger partial charge in [-0.05, 0) is 43.2 Å². The van der Waals surface area contributed by atoms with Crippen LogP contribution in [0.3, 0.4) is 0 Å². The molecule has 2 aromatic rings. The number of hydrogen-bond donors (Lipinski definition) is 2. The molecule has 0 radical (unpaired) electrons. The fourth-order valence-corrected chi connectivity index (χ4v) is 4.68. The first-order valence-electron chi connectivity index (χ1n) is 10.9. The van der Waals surface area contributed by atoms with Crippen LogP contribution < -0.4 is 10.6 Å². The van der Waals surface area contributed by atoms with E-state index in [0.29, 0.717) is 16.2 Å². The Morgan fingerprint density at radius 1 is 1.03 bits per heavy atom. The summed E-state index contributed by atoms with van der Waals surface area (Å²) in [6, 6.07) is 4.50. The minimum Gasteiger partial charge on any atom is -0.383 e. The van der Waals surface area contributed by atoms with Gasteiger partial charge in [-0.2, -0.15) is 0 Å². The summed E-state index contributed by atoms with van der Waals surface area (Å²) < 4.78 is 5.50. The molecule has 2 aromatic heterocycles. The van der Waals surface area contributed by atoms with Crippen LogP contribution in [0.5, 0.6) is 0 Å². The van der Waals surface area contributed by atoms with Gasteiger partial charge in [-0.25, -0.2) is 9.97 Å². The average Bonchev–Trinajstić information content (AvgIpc) is 2.76. The Balaban J connectivity index is 1.52. The predicted molar refractivity (Wildman–Crippen MR) is 125 cm³/mol. The fourth-order valence-electron chi connectivity index (χ4n) is 4.27. The molecule has 2 aliphatic rings. The molecular formula is C23H30Cl2N4O. The molecule has 2 N–H and O–H groups in total. The van der Waals surface area contributed by atoms with Crippen molar-refractivity contribution in [1.29, 1.82) is 0 Å². The minimum atomic E-state index is 0.226. The first-order valence-corrected chi connectivity index (χ1v) is 11.7. The van der Waals surface area contributed by atoms with Crippen molar-refractivity contribution in [2.45, 2.75) is 57.9 Å². The van der Waals surface area contributed by atoms with Crippen molar-refractivity contribution < 1.29 is 4.74 Å². The minimum absolute atomic E-state index is 0.226. The van der Waals surface area contributed by atoms with Crippen LogP contribution in [-0.2, 0) is 4.74 Å². The van der Waals surface area contributed by atoms with Gasteiger partial charge >= 0.3 is 0 Å². The van der Waals surface area contributed by atoms with E-state index in [1.807, 2.05) is 12.1 Å². The number of rotatable bonds is 6. The molecule has 0 atom stereocenters. The van der Waals surface area contributed by atoms with Gasteiger partial charge in [0, 0.05) is 43.1 Å². The quantitative estimate of drug-likeness (QED) is 0.498. The highest BCUT2D eigenvalue weighted by Crippen LogP contribution is 2.36. The van der Waals surface area contributed by atoms with Gasteiger partial charge in [0.15, 0.2) is 0 Å². The Morgan fingerprint density at radius 2 is 1.80 bits per heavy atom. The molecule has 3 heterocycles. The number of pyridine rings is 2. The van der Waals surface area contributed by atoms with E-state index in [4.69, 9.17) is 27.9 Å². The van der Waals surface area contributed by atoms with E-state index in [1.54, 1.807) is 12.4 Å². The van der Waals surface area contributed by atoms with Crippen LogP contribution in [0.4, 0.5) is 11.5 Å². The monoisotopic (exact) mass is 448 g/mol. The summed E-state index contributed by atoms with van der Waals surface area (Å²) in [6.45, 7) is 4.82.